The lowest BCUT2D eigenvalue weighted by Gasteiger charge is -2.07. The van der Waals surface area contributed by atoms with Crippen LogP contribution in [0.5, 0.6) is 0 Å². The highest BCUT2D eigenvalue weighted by Gasteiger charge is 2.34. The second-order valence-electron chi connectivity index (χ2n) is 6.99. The van der Waals surface area contributed by atoms with Crippen LogP contribution in [0.15, 0.2) is 60.8 Å². The molecule has 0 unspecified atom stereocenters. The van der Waals surface area contributed by atoms with Gasteiger partial charge in [0.05, 0.1) is 5.52 Å². The van der Waals surface area contributed by atoms with Gasteiger partial charge in [0.15, 0.2) is 5.69 Å². The summed E-state index contributed by atoms with van der Waals surface area (Å²) in [6, 6.07) is 15.8. The van der Waals surface area contributed by atoms with Crippen molar-refractivity contribution in [2.75, 3.05) is 5.32 Å². The van der Waals surface area contributed by atoms with Crippen molar-refractivity contribution in [3.8, 4) is 11.1 Å². The number of carbonyl (C=O) groups excluding carboxylic acids is 1. The number of halogens is 3. The Morgan fingerprint density at radius 3 is 2.40 bits per heavy atom. The van der Waals surface area contributed by atoms with Gasteiger partial charge >= 0.3 is 6.18 Å². The summed E-state index contributed by atoms with van der Waals surface area (Å²) < 4.78 is 39.4. The van der Waals surface area contributed by atoms with Crippen LogP contribution in [-0.2, 0) is 13.2 Å². The number of fused-ring (bicyclic) bond motifs is 1. The van der Waals surface area contributed by atoms with E-state index in [9.17, 15) is 18.0 Å². The first-order chi connectivity index (χ1) is 14.2. The summed E-state index contributed by atoms with van der Waals surface area (Å²) in [5.41, 5.74) is 2.98. The Hall–Kier alpha value is -3.68. The molecule has 1 amide bonds. The van der Waals surface area contributed by atoms with Crippen molar-refractivity contribution in [2.24, 2.45) is 7.05 Å². The minimum atomic E-state index is -4.58. The molecule has 152 valence electrons. The molecule has 8 heteroatoms. The maximum absolute atomic E-state index is 12.8. The van der Waals surface area contributed by atoms with E-state index in [0.717, 1.165) is 27.3 Å². The molecule has 0 fully saturated rings. The molecule has 2 aromatic carbocycles. The molecular weight excluding hydrogens is 393 g/mol. The maximum Gasteiger partial charge on any atom is 0.435 e. The smallest absolute Gasteiger partial charge is 0.307 e. The largest absolute Gasteiger partial charge is 0.435 e. The molecule has 0 saturated carbocycles. The second-order valence-corrected chi connectivity index (χ2v) is 6.99. The molecule has 30 heavy (non-hydrogen) atoms. The lowest BCUT2D eigenvalue weighted by molar-refractivity contribution is -0.141. The molecule has 0 saturated heterocycles. The van der Waals surface area contributed by atoms with Gasteiger partial charge in [-0.1, -0.05) is 35.9 Å². The number of rotatable bonds is 3. The van der Waals surface area contributed by atoms with E-state index in [1.807, 2.05) is 37.3 Å². The van der Waals surface area contributed by atoms with Crippen LogP contribution in [0.2, 0.25) is 0 Å². The van der Waals surface area contributed by atoms with Crippen molar-refractivity contribution in [1.29, 1.82) is 0 Å². The van der Waals surface area contributed by atoms with Crippen LogP contribution < -0.4 is 5.32 Å². The fourth-order valence-electron chi connectivity index (χ4n) is 3.08. The Balaban J connectivity index is 1.59. The van der Waals surface area contributed by atoms with Gasteiger partial charge in [-0.2, -0.15) is 18.3 Å². The highest BCUT2D eigenvalue weighted by atomic mass is 19.4. The third kappa shape index (κ3) is 3.89. The van der Waals surface area contributed by atoms with Crippen LogP contribution in [0, 0.1) is 6.92 Å². The quantitative estimate of drug-likeness (QED) is 0.504. The molecule has 0 aliphatic carbocycles. The zero-order valence-electron chi connectivity index (χ0n) is 16.2. The number of alkyl halides is 3. The first kappa shape index (κ1) is 19.6. The third-order valence-corrected chi connectivity index (χ3v) is 4.74. The summed E-state index contributed by atoms with van der Waals surface area (Å²) in [4.78, 5) is 17.0. The topological polar surface area (TPSA) is 59.8 Å². The van der Waals surface area contributed by atoms with Gasteiger partial charge in [-0.15, -0.1) is 0 Å². The monoisotopic (exact) mass is 410 g/mol. The van der Waals surface area contributed by atoms with E-state index in [1.54, 1.807) is 24.4 Å². The molecule has 0 atom stereocenters. The molecule has 0 aliphatic rings. The number of carbonyl (C=O) groups is 1. The predicted molar refractivity (Wildman–Crippen MR) is 108 cm³/mol. The van der Waals surface area contributed by atoms with Crippen LogP contribution in [0.3, 0.4) is 0 Å². The van der Waals surface area contributed by atoms with E-state index in [4.69, 9.17) is 0 Å². The number of anilines is 1. The van der Waals surface area contributed by atoms with Crippen LogP contribution >= 0.6 is 0 Å². The lowest BCUT2D eigenvalue weighted by atomic mass is 10.0. The predicted octanol–water partition coefficient (Wildman–Crippen LogP) is 5.21. The highest BCUT2D eigenvalue weighted by molar-refractivity contribution is 6.05. The Kier molecular flexibility index (Phi) is 4.77. The van der Waals surface area contributed by atoms with Crippen molar-refractivity contribution < 1.29 is 18.0 Å². The van der Waals surface area contributed by atoms with E-state index in [-0.39, 0.29) is 11.4 Å². The number of nitrogens with zero attached hydrogens (tertiary/aromatic N) is 3. The molecule has 4 rings (SSSR count). The van der Waals surface area contributed by atoms with Crippen molar-refractivity contribution in [3.05, 3.63) is 77.6 Å². The van der Waals surface area contributed by atoms with E-state index < -0.39 is 17.8 Å². The summed E-state index contributed by atoms with van der Waals surface area (Å²) in [5, 5.41) is 6.70. The summed E-state index contributed by atoms with van der Waals surface area (Å²) >= 11 is 0. The molecule has 0 radical (unpaired) electrons. The average molecular weight is 410 g/mol. The summed E-state index contributed by atoms with van der Waals surface area (Å²) in [6.07, 6.45) is -2.85. The molecule has 2 aromatic heterocycles. The number of aromatic nitrogens is 3. The average Bonchev–Trinajstić information content (AvgIpc) is 3.08. The lowest BCUT2D eigenvalue weighted by Crippen LogP contribution is -2.14. The van der Waals surface area contributed by atoms with Crippen LogP contribution in [-0.4, -0.2) is 20.7 Å². The number of amides is 1. The van der Waals surface area contributed by atoms with Gasteiger partial charge in [-0.25, -0.2) is 0 Å². The van der Waals surface area contributed by atoms with Crippen LogP contribution in [0.25, 0.3) is 22.0 Å². The molecule has 2 heterocycles. The fourth-order valence-corrected chi connectivity index (χ4v) is 3.08. The van der Waals surface area contributed by atoms with Crippen molar-refractivity contribution in [3.63, 3.8) is 0 Å². The number of aryl methyl sites for hydroxylation is 2. The molecule has 4 aromatic rings. The second kappa shape index (κ2) is 7.29. The summed E-state index contributed by atoms with van der Waals surface area (Å²) in [5.74, 6) is -0.590. The standard InChI is InChI=1S/C22H17F3N4O/c1-13-3-5-14(6-4-13)17-9-15-7-8-16(10-18(15)26-12-17)21(30)27-20-11-19(22(23,24)25)28-29(20)2/h3-12H,1-2H3,(H,27,30). The Morgan fingerprint density at radius 1 is 1.00 bits per heavy atom. The van der Waals surface area contributed by atoms with Crippen molar-refractivity contribution in [1.82, 2.24) is 14.8 Å². The molecular formula is C22H17F3N4O. The van der Waals surface area contributed by atoms with E-state index in [0.29, 0.717) is 5.52 Å². The van der Waals surface area contributed by atoms with Gasteiger partial charge in [0.25, 0.3) is 5.91 Å². The normalized spacial score (nSPS) is 11.6. The molecule has 1 N–H and O–H groups in total. The SMILES string of the molecule is Cc1ccc(-c2cnc3cc(C(=O)Nc4cc(C(F)(F)F)nn4C)ccc3c2)cc1. The zero-order chi connectivity index (χ0) is 21.5. The number of pyridine rings is 1. The number of nitrogens with one attached hydrogen (secondary N) is 1. The highest BCUT2D eigenvalue weighted by Crippen LogP contribution is 2.30. The minimum absolute atomic E-state index is 0.0462. The van der Waals surface area contributed by atoms with Gasteiger partial charge in [-0.05, 0) is 30.7 Å². The Labute approximate surface area is 170 Å². The first-order valence-electron chi connectivity index (χ1n) is 9.10. The third-order valence-electron chi connectivity index (χ3n) is 4.74. The summed E-state index contributed by atoms with van der Waals surface area (Å²) in [6.45, 7) is 2.02. The van der Waals surface area contributed by atoms with E-state index >= 15 is 0 Å². The van der Waals surface area contributed by atoms with E-state index in [2.05, 4.69) is 15.4 Å². The molecule has 0 bridgehead atoms. The minimum Gasteiger partial charge on any atom is -0.307 e. The van der Waals surface area contributed by atoms with E-state index in [1.165, 1.54) is 12.6 Å². The molecule has 0 spiro atoms. The molecule has 0 aliphatic heterocycles. The van der Waals surface area contributed by atoms with Gasteiger partial charge in [0, 0.05) is 35.8 Å². The first-order valence-corrected chi connectivity index (χ1v) is 9.10. The number of hydrogen-bond donors (Lipinski definition) is 1. The van der Waals surface area contributed by atoms with Gasteiger partial charge < -0.3 is 5.32 Å². The van der Waals surface area contributed by atoms with Crippen molar-refractivity contribution in [2.45, 2.75) is 13.1 Å². The number of hydrogen-bond acceptors (Lipinski definition) is 3. The van der Waals surface area contributed by atoms with Crippen molar-refractivity contribution >= 4 is 22.6 Å². The van der Waals surface area contributed by atoms with Gasteiger partial charge in [0.2, 0.25) is 0 Å². The number of benzene rings is 2. The van der Waals surface area contributed by atoms with Gasteiger partial charge in [0.1, 0.15) is 5.82 Å². The fraction of sp³-hybridized carbons (Fsp3) is 0.136. The van der Waals surface area contributed by atoms with Gasteiger partial charge in [-0.3, -0.25) is 14.5 Å². The Morgan fingerprint density at radius 2 is 1.73 bits per heavy atom. The zero-order valence-corrected chi connectivity index (χ0v) is 16.2. The summed E-state index contributed by atoms with van der Waals surface area (Å²) in [7, 11) is 1.33. The maximum atomic E-state index is 12.8. The van der Waals surface area contributed by atoms with Crippen LogP contribution in [0.4, 0.5) is 19.0 Å². The molecule has 5 nitrogen and oxygen atoms in total. The van der Waals surface area contributed by atoms with Crippen LogP contribution in [0.1, 0.15) is 21.6 Å². The Bertz CT molecular complexity index is 1240.